The summed E-state index contributed by atoms with van der Waals surface area (Å²) in [6.45, 7) is 12.1. The largest absolute Gasteiger partial charge is 0.497 e. The number of aryl methyl sites for hydroxylation is 2. The van der Waals surface area contributed by atoms with E-state index in [2.05, 4.69) is 44.0 Å². The summed E-state index contributed by atoms with van der Waals surface area (Å²) in [5, 5.41) is 4.68. The summed E-state index contributed by atoms with van der Waals surface area (Å²) < 4.78 is 5.33. The van der Waals surface area contributed by atoms with E-state index < -0.39 is 0 Å². The molecule has 6 heteroatoms. The van der Waals surface area contributed by atoms with Gasteiger partial charge in [-0.2, -0.15) is 0 Å². The van der Waals surface area contributed by atoms with Gasteiger partial charge in [-0.3, -0.25) is 4.90 Å². The molecule has 0 radical (unpaired) electrons. The average Bonchev–Trinajstić information content (AvgIpc) is 2.98. The molecule has 0 saturated heterocycles. The Hall–Kier alpha value is -2.18. The number of aromatic nitrogens is 2. The van der Waals surface area contributed by atoms with Crippen LogP contribution in [0.2, 0.25) is 0 Å². The number of fused-ring (bicyclic) bond motifs is 1. The van der Waals surface area contributed by atoms with Crippen LogP contribution < -0.4 is 10.1 Å². The molecule has 0 unspecified atom stereocenters. The third-order valence-corrected chi connectivity index (χ3v) is 6.03. The summed E-state index contributed by atoms with van der Waals surface area (Å²) in [6, 6.07) is 8.11. The quantitative estimate of drug-likeness (QED) is 0.606. The Bertz CT molecular complexity index is 918. The fourth-order valence-electron chi connectivity index (χ4n) is 3.11. The summed E-state index contributed by atoms with van der Waals surface area (Å²) in [7, 11) is 1.69. The molecule has 0 aliphatic carbocycles. The van der Waals surface area contributed by atoms with E-state index in [1.165, 1.54) is 10.4 Å². The first-order valence-corrected chi connectivity index (χ1v) is 10.2. The minimum Gasteiger partial charge on any atom is -0.497 e. The normalized spacial score (nSPS) is 11.3. The van der Waals surface area contributed by atoms with Crippen molar-refractivity contribution in [2.24, 2.45) is 0 Å². The number of nitrogens with zero attached hydrogens (tertiary/aromatic N) is 3. The number of rotatable bonds is 8. The van der Waals surface area contributed by atoms with Gasteiger partial charge in [-0.05, 0) is 50.2 Å². The second kappa shape index (κ2) is 8.67. The van der Waals surface area contributed by atoms with Gasteiger partial charge < -0.3 is 10.1 Å². The third kappa shape index (κ3) is 4.39. The number of nitrogens with one attached hydrogen (secondary N) is 1. The van der Waals surface area contributed by atoms with E-state index in [0.717, 1.165) is 52.8 Å². The fourth-order valence-corrected chi connectivity index (χ4v) is 4.16. The van der Waals surface area contributed by atoms with Crippen LogP contribution in [-0.4, -0.2) is 35.1 Å². The monoisotopic (exact) mass is 384 g/mol. The van der Waals surface area contributed by atoms with Crippen molar-refractivity contribution < 1.29 is 4.74 Å². The Morgan fingerprint density at radius 2 is 1.93 bits per heavy atom. The molecule has 2 aromatic heterocycles. The molecule has 2 heterocycles. The lowest BCUT2D eigenvalue weighted by atomic mass is 10.2. The van der Waals surface area contributed by atoms with Crippen LogP contribution in [-0.2, 0) is 13.1 Å². The molecule has 5 nitrogen and oxygen atoms in total. The summed E-state index contributed by atoms with van der Waals surface area (Å²) in [6.07, 6.45) is 0. The molecule has 144 valence electrons. The van der Waals surface area contributed by atoms with E-state index >= 15 is 0 Å². The molecule has 0 aliphatic rings. The Kier molecular flexibility index (Phi) is 6.29. The van der Waals surface area contributed by atoms with Crippen LogP contribution in [0.5, 0.6) is 5.75 Å². The molecule has 1 N–H and O–H groups in total. The molecule has 3 aromatic rings. The maximum absolute atomic E-state index is 5.33. The molecule has 0 saturated carbocycles. The van der Waals surface area contributed by atoms with Gasteiger partial charge >= 0.3 is 0 Å². The van der Waals surface area contributed by atoms with Crippen molar-refractivity contribution in [3.63, 3.8) is 0 Å². The van der Waals surface area contributed by atoms with Gasteiger partial charge in [0, 0.05) is 11.4 Å². The second-order valence-electron chi connectivity index (χ2n) is 6.62. The lowest BCUT2D eigenvalue weighted by Gasteiger charge is -2.17. The van der Waals surface area contributed by atoms with Crippen molar-refractivity contribution >= 4 is 27.4 Å². The van der Waals surface area contributed by atoms with Crippen molar-refractivity contribution in [1.82, 2.24) is 14.9 Å². The molecule has 0 amide bonds. The lowest BCUT2D eigenvalue weighted by molar-refractivity contribution is 0.289. The minimum absolute atomic E-state index is 0.697. The first-order valence-electron chi connectivity index (χ1n) is 9.41. The van der Waals surface area contributed by atoms with Gasteiger partial charge in [0.15, 0.2) is 0 Å². The summed E-state index contributed by atoms with van der Waals surface area (Å²) in [5.74, 6) is 2.67. The Balaban J connectivity index is 1.93. The van der Waals surface area contributed by atoms with Crippen LogP contribution in [0, 0.1) is 13.8 Å². The highest BCUT2D eigenvalue weighted by molar-refractivity contribution is 7.18. The standard InChI is InChI=1S/C21H28N4OS/c1-6-25(7-2)13-18-23-20(19-14(3)15(4)27-21(19)24-18)22-12-16-9-8-10-17(11-16)26-5/h8-11H,6-7,12-13H2,1-5H3,(H,22,23,24). The van der Waals surface area contributed by atoms with Gasteiger partial charge in [0.05, 0.1) is 19.0 Å². The highest BCUT2D eigenvalue weighted by Crippen LogP contribution is 2.33. The summed E-state index contributed by atoms with van der Waals surface area (Å²) in [4.78, 5) is 14.4. The zero-order valence-corrected chi connectivity index (χ0v) is 17.6. The van der Waals surface area contributed by atoms with Crippen LogP contribution in [0.3, 0.4) is 0 Å². The van der Waals surface area contributed by atoms with Gasteiger partial charge in [-0.25, -0.2) is 9.97 Å². The average molecular weight is 385 g/mol. The smallest absolute Gasteiger partial charge is 0.146 e. The van der Waals surface area contributed by atoms with Gasteiger partial charge in [-0.15, -0.1) is 11.3 Å². The molecular formula is C21H28N4OS. The van der Waals surface area contributed by atoms with Gasteiger partial charge in [-0.1, -0.05) is 26.0 Å². The van der Waals surface area contributed by atoms with Crippen molar-refractivity contribution in [3.05, 3.63) is 46.1 Å². The van der Waals surface area contributed by atoms with Crippen LogP contribution in [0.4, 0.5) is 5.82 Å². The number of hydrogen-bond donors (Lipinski definition) is 1. The molecule has 0 aliphatic heterocycles. The topological polar surface area (TPSA) is 50.3 Å². The summed E-state index contributed by atoms with van der Waals surface area (Å²) >= 11 is 1.75. The van der Waals surface area contributed by atoms with Crippen LogP contribution in [0.1, 0.15) is 35.7 Å². The Morgan fingerprint density at radius 1 is 1.15 bits per heavy atom. The maximum atomic E-state index is 5.33. The molecular weight excluding hydrogens is 356 g/mol. The Labute approximate surface area is 165 Å². The van der Waals surface area contributed by atoms with E-state index in [9.17, 15) is 0 Å². The Morgan fingerprint density at radius 3 is 2.63 bits per heavy atom. The van der Waals surface area contributed by atoms with Crippen molar-refractivity contribution in [1.29, 1.82) is 0 Å². The molecule has 3 rings (SSSR count). The van der Waals surface area contributed by atoms with E-state index in [1.54, 1.807) is 18.4 Å². The number of ether oxygens (including phenoxy) is 1. The first kappa shape index (κ1) is 19.6. The highest BCUT2D eigenvalue weighted by atomic mass is 32.1. The molecule has 1 aromatic carbocycles. The van der Waals surface area contributed by atoms with Crippen LogP contribution in [0.15, 0.2) is 24.3 Å². The van der Waals surface area contributed by atoms with Crippen LogP contribution in [0.25, 0.3) is 10.2 Å². The lowest BCUT2D eigenvalue weighted by Crippen LogP contribution is -2.23. The molecule has 0 fully saturated rings. The number of benzene rings is 1. The van der Waals surface area contributed by atoms with E-state index in [1.807, 2.05) is 18.2 Å². The zero-order chi connectivity index (χ0) is 19.4. The van der Waals surface area contributed by atoms with Crippen molar-refractivity contribution in [2.75, 3.05) is 25.5 Å². The third-order valence-electron chi connectivity index (χ3n) is 4.93. The molecule has 0 spiro atoms. The number of hydrogen-bond acceptors (Lipinski definition) is 6. The molecule has 27 heavy (non-hydrogen) atoms. The van der Waals surface area contributed by atoms with Crippen molar-refractivity contribution in [2.45, 2.75) is 40.8 Å². The van der Waals surface area contributed by atoms with Gasteiger partial charge in [0.1, 0.15) is 22.2 Å². The van der Waals surface area contributed by atoms with E-state index in [0.29, 0.717) is 6.54 Å². The second-order valence-corrected chi connectivity index (χ2v) is 7.82. The number of anilines is 1. The summed E-state index contributed by atoms with van der Waals surface area (Å²) in [5.41, 5.74) is 2.42. The maximum Gasteiger partial charge on any atom is 0.146 e. The highest BCUT2D eigenvalue weighted by Gasteiger charge is 2.15. The molecule has 0 atom stereocenters. The predicted molar refractivity (Wildman–Crippen MR) is 114 cm³/mol. The minimum atomic E-state index is 0.697. The first-order chi connectivity index (χ1) is 13.0. The molecule has 0 bridgehead atoms. The van der Waals surface area contributed by atoms with E-state index in [-0.39, 0.29) is 0 Å². The fraction of sp³-hybridized carbons (Fsp3) is 0.429. The SMILES string of the molecule is CCN(CC)Cc1nc(NCc2cccc(OC)c2)c2c(C)c(C)sc2n1. The van der Waals surface area contributed by atoms with E-state index in [4.69, 9.17) is 14.7 Å². The number of methoxy groups -OCH3 is 1. The van der Waals surface area contributed by atoms with Crippen molar-refractivity contribution in [3.8, 4) is 5.75 Å². The zero-order valence-electron chi connectivity index (χ0n) is 16.8. The van der Waals surface area contributed by atoms with Crippen LogP contribution >= 0.6 is 11.3 Å². The van der Waals surface area contributed by atoms with Gasteiger partial charge in [0.25, 0.3) is 0 Å². The van der Waals surface area contributed by atoms with Gasteiger partial charge in [0.2, 0.25) is 0 Å². The predicted octanol–water partition coefficient (Wildman–Crippen LogP) is 4.77. The number of thiophene rings is 1.